The van der Waals surface area contributed by atoms with E-state index in [1.165, 1.54) is 5.56 Å². The van der Waals surface area contributed by atoms with Crippen molar-refractivity contribution < 1.29 is 9.47 Å². The second kappa shape index (κ2) is 9.12. The number of halogens is 2. The topological polar surface area (TPSA) is 54.9 Å². The average Bonchev–Trinajstić information content (AvgIpc) is 3.04. The van der Waals surface area contributed by atoms with Crippen LogP contribution in [0, 0.1) is 0 Å². The van der Waals surface area contributed by atoms with Crippen molar-refractivity contribution in [1.82, 2.24) is 10.6 Å². The fraction of sp³-hybridized carbons (Fsp3) is 0.235. The van der Waals surface area contributed by atoms with Crippen molar-refractivity contribution in [2.75, 3.05) is 13.8 Å². The molecule has 0 aliphatic carbocycles. The van der Waals surface area contributed by atoms with Gasteiger partial charge in [0.15, 0.2) is 17.5 Å². The van der Waals surface area contributed by atoms with Gasteiger partial charge in [-0.25, -0.2) is 0 Å². The molecule has 2 aromatic rings. The lowest BCUT2D eigenvalue weighted by Gasteiger charge is -2.12. The van der Waals surface area contributed by atoms with Gasteiger partial charge in [-0.3, -0.25) is 4.99 Å². The minimum Gasteiger partial charge on any atom is -0.454 e. The van der Waals surface area contributed by atoms with Gasteiger partial charge in [0.25, 0.3) is 0 Å². The highest BCUT2D eigenvalue weighted by Crippen LogP contribution is 2.32. The highest BCUT2D eigenvalue weighted by molar-refractivity contribution is 14.0. The van der Waals surface area contributed by atoms with Gasteiger partial charge in [0.2, 0.25) is 6.79 Å². The second-order valence-electron chi connectivity index (χ2n) is 5.09. The van der Waals surface area contributed by atoms with Crippen molar-refractivity contribution in [2.45, 2.75) is 13.1 Å². The van der Waals surface area contributed by atoms with Gasteiger partial charge in [0.05, 0.1) is 0 Å². The molecule has 5 nitrogen and oxygen atoms in total. The Bertz CT molecular complexity index is 707. The summed E-state index contributed by atoms with van der Waals surface area (Å²) in [5.74, 6) is 2.35. The Hall–Kier alpha value is -1.48. The molecule has 0 unspecified atom stereocenters. The molecule has 0 atom stereocenters. The van der Waals surface area contributed by atoms with Crippen LogP contribution in [-0.4, -0.2) is 19.8 Å². The van der Waals surface area contributed by atoms with Crippen LogP contribution >= 0.6 is 39.9 Å². The number of fused-ring (bicyclic) bond motifs is 1. The Kier molecular flexibility index (Phi) is 7.16. The third-order valence-corrected chi connectivity index (χ3v) is 4.02. The van der Waals surface area contributed by atoms with Gasteiger partial charge in [0.1, 0.15) is 0 Å². The predicted molar refractivity (Wildman–Crippen MR) is 109 cm³/mol. The molecule has 3 rings (SSSR count). The first-order valence-corrected chi connectivity index (χ1v) is 8.11. The summed E-state index contributed by atoms with van der Waals surface area (Å²) in [5.41, 5.74) is 2.31. The summed E-state index contributed by atoms with van der Waals surface area (Å²) in [4.78, 5) is 4.24. The molecule has 2 aromatic carbocycles. The fourth-order valence-corrected chi connectivity index (χ4v) is 2.51. The summed E-state index contributed by atoms with van der Waals surface area (Å²) in [5, 5.41) is 6.59. The first-order valence-electron chi connectivity index (χ1n) is 7.32. The maximum atomic E-state index is 5.39. The number of nitrogens with zero attached hydrogens (tertiary/aromatic N) is 1. The highest BCUT2D eigenvalue weighted by atomic mass is 127. The SMILES string of the molecule is CN=C(NCc1ccc(Br)cc1)NCc1ccc2c(c1)OCO2.I. The van der Waals surface area contributed by atoms with Crippen LogP contribution in [-0.2, 0) is 13.1 Å². The minimum atomic E-state index is 0. The Balaban J connectivity index is 0.00000208. The van der Waals surface area contributed by atoms with Gasteiger partial charge in [-0.15, -0.1) is 24.0 Å². The van der Waals surface area contributed by atoms with E-state index in [-0.39, 0.29) is 24.0 Å². The Morgan fingerprint density at radius 3 is 2.33 bits per heavy atom. The lowest BCUT2D eigenvalue weighted by Crippen LogP contribution is -2.36. The lowest BCUT2D eigenvalue weighted by molar-refractivity contribution is 0.174. The number of hydrogen-bond acceptors (Lipinski definition) is 3. The van der Waals surface area contributed by atoms with E-state index in [2.05, 4.69) is 43.7 Å². The molecular formula is C17H19BrIN3O2. The van der Waals surface area contributed by atoms with Crippen LogP contribution in [0.4, 0.5) is 0 Å². The molecule has 1 aliphatic rings. The van der Waals surface area contributed by atoms with Crippen LogP contribution < -0.4 is 20.1 Å². The van der Waals surface area contributed by atoms with Gasteiger partial charge in [0, 0.05) is 24.6 Å². The van der Waals surface area contributed by atoms with E-state index in [1.807, 2.05) is 30.3 Å². The number of ether oxygens (including phenoxy) is 2. The predicted octanol–water partition coefficient (Wildman–Crippen LogP) is 3.66. The molecule has 2 N–H and O–H groups in total. The molecule has 0 saturated carbocycles. The molecule has 0 saturated heterocycles. The third-order valence-electron chi connectivity index (χ3n) is 3.49. The monoisotopic (exact) mass is 503 g/mol. The van der Waals surface area contributed by atoms with Crippen molar-refractivity contribution in [2.24, 2.45) is 4.99 Å². The van der Waals surface area contributed by atoms with Gasteiger partial charge < -0.3 is 20.1 Å². The number of aliphatic imine (C=N–C) groups is 1. The van der Waals surface area contributed by atoms with Crippen molar-refractivity contribution >= 4 is 45.9 Å². The molecule has 24 heavy (non-hydrogen) atoms. The van der Waals surface area contributed by atoms with Crippen LogP contribution in [0.25, 0.3) is 0 Å². The van der Waals surface area contributed by atoms with Crippen LogP contribution in [0.1, 0.15) is 11.1 Å². The molecule has 7 heteroatoms. The number of rotatable bonds is 4. The minimum absolute atomic E-state index is 0. The average molecular weight is 504 g/mol. The highest BCUT2D eigenvalue weighted by Gasteiger charge is 2.13. The maximum Gasteiger partial charge on any atom is 0.231 e. The zero-order chi connectivity index (χ0) is 16.1. The van der Waals surface area contributed by atoms with Gasteiger partial charge in [-0.1, -0.05) is 34.1 Å². The Morgan fingerprint density at radius 1 is 1.00 bits per heavy atom. The van der Waals surface area contributed by atoms with E-state index in [9.17, 15) is 0 Å². The molecule has 128 valence electrons. The van der Waals surface area contributed by atoms with Crippen LogP contribution in [0.3, 0.4) is 0 Å². The fourth-order valence-electron chi connectivity index (χ4n) is 2.25. The van der Waals surface area contributed by atoms with Gasteiger partial charge in [-0.2, -0.15) is 0 Å². The van der Waals surface area contributed by atoms with Crippen LogP contribution in [0.2, 0.25) is 0 Å². The normalized spacial score (nSPS) is 12.5. The Morgan fingerprint density at radius 2 is 1.62 bits per heavy atom. The molecule has 0 amide bonds. The smallest absolute Gasteiger partial charge is 0.231 e. The van der Waals surface area contributed by atoms with Crippen LogP contribution in [0.5, 0.6) is 11.5 Å². The Labute approximate surface area is 167 Å². The quantitative estimate of drug-likeness (QED) is 0.380. The van der Waals surface area contributed by atoms with Crippen molar-refractivity contribution in [3.05, 3.63) is 58.1 Å². The van der Waals surface area contributed by atoms with E-state index in [4.69, 9.17) is 9.47 Å². The first-order chi connectivity index (χ1) is 11.2. The summed E-state index contributed by atoms with van der Waals surface area (Å²) in [6.45, 7) is 1.67. The van der Waals surface area contributed by atoms with E-state index < -0.39 is 0 Å². The van der Waals surface area contributed by atoms with E-state index in [1.54, 1.807) is 7.05 Å². The molecular weight excluding hydrogens is 485 g/mol. The van der Waals surface area contributed by atoms with Crippen LogP contribution in [0.15, 0.2) is 51.9 Å². The molecule has 0 aromatic heterocycles. The molecule has 0 fully saturated rings. The van der Waals surface area contributed by atoms with Crippen molar-refractivity contribution in [3.63, 3.8) is 0 Å². The standard InChI is InChI=1S/C17H18BrN3O2.HI/c1-19-17(20-9-12-2-5-14(18)6-3-12)21-10-13-4-7-15-16(8-13)23-11-22-15;/h2-8H,9-11H2,1H3,(H2,19,20,21);1H. The largest absolute Gasteiger partial charge is 0.454 e. The van der Waals surface area contributed by atoms with Crippen molar-refractivity contribution in [3.8, 4) is 11.5 Å². The van der Waals surface area contributed by atoms with E-state index in [0.29, 0.717) is 19.9 Å². The zero-order valence-electron chi connectivity index (χ0n) is 13.2. The van der Waals surface area contributed by atoms with Gasteiger partial charge in [-0.05, 0) is 35.4 Å². The summed E-state index contributed by atoms with van der Waals surface area (Å²) < 4.78 is 11.8. The number of benzene rings is 2. The van der Waals surface area contributed by atoms with E-state index >= 15 is 0 Å². The number of nitrogens with one attached hydrogen (secondary N) is 2. The van der Waals surface area contributed by atoms with Gasteiger partial charge >= 0.3 is 0 Å². The first kappa shape index (κ1) is 18.9. The third kappa shape index (κ3) is 5.01. The number of hydrogen-bond donors (Lipinski definition) is 2. The lowest BCUT2D eigenvalue weighted by atomic mass is 10.2. The molecule has 1 aliphatic heterocycles. The van der Waals surface area contributed by atoms with Crippen molar-refractivity contribution in [1.29, 1.82) is 0 Å². The molecule has 0 bridgehead atoms. The molecule has 0 radical (unpaired) electrons. The summed E-state index contributed by atoms with van der Waals surface area (Å²) in [6.07, 6.45) is 0. The molecule has 1 heterocycles. The molecule has 0 spiro atoms. The summed E-state index contributed by atoms with van der Waals surface area (Å²) >= 11 is 3.44. The number of guanidine groups is 1. The zero-order valence-corrected chi connectivity index (χ0v) is 17.1. The summed E-state index contributed by atoms with van der Waals surface area (Å²) in [6, 6.07) is 14.1. The van der Waals surface area contributed by atoms with E-state index in [0.717, 1.165) is 27.5 Å². The second-order valence-corrected chi connectivity index (χ2v) is 6.01. The maximum absolute atomic E-state index is 5.39. The summed E-state index contributed by atoms with van der Waals surface area (Å²) in [7, 11) is 1.76.